The summed E-state index contributed by atoms with van der Waals surface area (Å²) in [6.07, 6.45) is 2.19. The van der Waals surface area contributed by atoms with Gasteiger partial charge in [-0.2, -0.15) is 0 Å². The molecule has 0 spiro atoms. The Bertz CT molecular complexity index is 352. The summed E-state index contributed by atoms with van der Waals surface area (Å²) in [5.74, 6) is 0.529. The molecule has 0 nitrogen and oxygen atoms in total. The van der Waals surface area contributed by atoms with E-state index in [1.54, 1.807) is 6.07 Å². The Labute approximate surface area is 109 Å². The number of hydrogen-bond donors (Lipinski definition) is 0. The van der Waals surface area contributed by atoms with Crippen molar-refractivity contribution >= 4 is 28.8 Å². The largest absolute Gasteiger partial charge is 0.0843 e. The predicted molar refractivity (Wildman–Crippen MR) is 76.3 cm³/mol. The zero-order chi connectivity index (χ0) is 12.7. The average molecular weight is 259 g/mol. The van der Waals surface area contributed by atoms with Gasteiger partial charge >= 0.3 is 0 Å². The number of benzene rings is 1. The van der Waals surface area contributed by atoms with Crippen molar-refractivity contribution in [2.45, 2.75) is 34.6 Å². The Morgan fingerprint density at radius 1 is 1.19 bits per heavy atom. The highest BCUT2D eigenvalue weighted by molar-refractivity contribution is 6.35. The van der Waals surface area contributed by atoms with E-state index in [9.17, 15) is 0 Å². The first-order valence-electron chi connectivity index (χ1n) is 5.64. The Balaban J connectivity index is 0.00000106. The van der Waals surface area contributed by atoms with Gasteiger partial charge in [0, 0.05) is 10.0 Å². The summed E-state index contributed by atoms with van der Waals surface area (Å²) in [6, 6.07) is 5.59. The molecule has 1 aromatic rings. The molecular formula is C14H20Cl2. The number of allylic oxidation sites excluding steroid dienone is 2. The third-order valence-electron chi connectivity index (χ3n) is 1.94. The minimum atomic E-state index is 0.529. The number of hydrogen-bond acceptors (Lipinski definition) is 0. The van der Waals surface area contributed by atoms with Crippen LogP contribution in [0.5, 0.6) is 0 Å². The van der Waals surface area contributed by atoms with Gasteiger partial charge in [-0.25, -0.2) is 0 Å². The Morgan fingerprint density at radius 3 is 2.19 bits per heavy atom. The predicted octanol–water partition coefficient (Wildman–Crippen LogP) is 6.08. The van der Waals surface area contributed by atoms with Crippen molar-refractivity contribution in [3.05, 3.63) is 39.9 Å². The summed E-state index contributed by atoms with van der Waals surface area (Å²) >= 11 is 11.9. The van der Waals surface area contributed by atoms with Gasteiger partial charge in [-0.3, -0.25) is 0 Å². The fraction of sp³-hybridized carbons (Fsp3) is 0.429. The van der Waals surface area contributed by atoms with Crippen molar-refractivity contribution in [3.63, 3.8) is 0 Å². The second-order valence-corrected chi connectivity index (χ2v) is 4.56. The lowest BCUT2D eigenvalue weighted by Crippen LogP contribution is -1.86. The van der Waals surface area contributed by atoms with Crippen LogP contribution in [0.15, 0.2) is 24.3 Å². The first-order chi connectivity index (χ1) is 7.50. The maximum Gasteiger partial charge on any atom is 0.0495 e. The van der Waals surface area contributed by atoms with Crippen LogP contribution < -0.4 is 0 Å². The first-order valence-corrected chi connectivity index (χ1v) is 6.40. The van der Waals surface area contributed by atoms with E-state index in [1.165, 1.54) is 5.57 Å². The van der Waals surface area contributed by atoms with Gasteiger partial charge in [0.1, 0.15) is 0 Å². The molecule has 0 radical (unpaired) electrons. The zero-order valence-electron chi connectivity index (χ0n) is 10.6. The van der Waals surface area contributed by atoms with Crippen LogP contribution in [0.3, 0.4) is 0 Å². The molecule has 0 bridgehead atoms. The van der Waals surface area contributed by atoms with Crippen LogP contribution in [-0.2, 0) is 0 Å². The van der Waals surface area contributed by atoms with Crippen molar-refractivity contribution < 1.29 is 0 Å². The fourth-order valence-electron chi connectivity index (χ4n) is 1.40. The first kappa shape index (κ1) is 15.5. The summed E-state index contributed by atoms with van der Waals surface area (Å²) in [7, 11) is 0. The van der Waals surface area contributed by atoms with E-state index in [1.807, 2.05) is 26.0 Å². The van der Waals surface area contributed by atoms with Gasteiger partial charge in [0.15, 0.2) is 0 Å². The van der Waals surface area contributed by atoms with Crippen LogP contribution in [0, 0.1) is 5.92 Å². The Morgan fingerprint density at radius 2 is 1.75 bits per heavy atom. The topological polar surface area (TPSA) is 0 Å². The molecule has 0 aliphatic carbocycles. The molecule has 0 saturated carbocycles. The molecule has 0 atom stereocenters. The van der Waals surface area contributed by atoms with E-state index in [0.717, 1.165) is 5.56 Å². The van der Waals surface area contributed by atoms with E-state index in [0.29, 0.717) is 16.0 Å². The summed E-state index contributed by atoms with van der Waals surface area (Å²) in [6.45, 7) is 10.4. The van der Waals surface area contributed by atoms with Crippen molar-refractivity contribution in [2.75, 3.05) is 0 Å². The molecule has 0 fully saturated rings. The molecule has 0 heterocycles. The number of rotatable bonds is 2. The monoisotopic (exact) mass is 258 g/mol. The molecule has 1 rings (SSSR count). The summed E-state index contributed by atoms with van der Waals surface area (Å²) in [5.41, 5.74) is 2.26. The highest BCUT2D eigenvalue weighted by atomic mass is 35.5. The average Bonchev–Trinajstić information content (AvgIpc) is 2.19. The number of halogens is 2. The van der Waals surface area contributed by atoms with E-state index in [-0.39, 0.29) is 0 Å². The molecule has 0 aliphatic rings. The lowest BCUT2D eigenvalue weighted by Gasteiger charge is -2.06. The molecule has 2 heteroatoms. The molecule has 16 heavy (non-hydrogen) atoms. The van der Waals surface area contributed by atoms with Crippen molar-refractivity contribution in [2.24, 2.45) is 5.92 Å². The Kier molecular flexibility index (Phi) is 7.53. The maximum absolute atomic E-state index is 6.08. The molecule has 1 aromatic carbocycles. The third kappa shape index (κ3) is 5.05. The lowest BCUT2D eigenvalue weighted by molar-refractivity contribution is 0.833. The minimum Gasteiger partial charge on any atom is -0.0843 e. The molecule has 0 unspecified atom stereocenters. The summed E-state index contributed by atoms with van der Waals surface area (Å²) < 4.78 is 0. The maximum atomic E-state index is 6.08. The zero-order valence-corrected chi connectivity index (χ0v) is 12.2. The smallest absolute Gasteiger partial charge is 0.0495 e. The van der Waals surface area contributed by atoms with Gasteiger partial charge in [0.2, 0.25) is 0 Å². The lowest BCUT2D eigenvalue weighted by atomic mass is 10.0. The van der Waals surface area contributed by atoms with Crippen LogP contribution >= 0.6 is 23.2 Å². The minimum absolute atomic E-state index is 0.529. The van der Waals surface area contributed by atoms with E-state index in [4.69, 9.17) is 23.2 Å². The second-order valence-electron chi connectivity index (χ2n) is 3.72. The quantitative estimate of drug-likeness (QED) is 0.603. The molecule has 0 aromatic heterocycles. The van der Waals surface area contributed by atoms with Crippen molar-refractivity contribution in [1.82, 2.24) is 0 Å². The van der Waals surface area contributed by atoms with Crippen LogP contribution in [0.2, 0.25) is 10.0 Å². The highest BCUT2D eigenvalue weighted by Crippen LogP contribution is 2.27. The molecule has 0 N–H and O–H groups in total. The Hall–Kier alpha value is -0.460. The second kappa shape index (κ2) is 7.76. The fourth-order valence-corrected chi connectivity index (χ4v) is 1.96. The van der Waals surface area contributed by atoms with Crippen LogP contribution in [0.4, 0.5) is 0 Å². The van der Waals surface area contributed by atoms with Gasteiger partial charge in [0.05, 0.1) is 0 Å². The summed E-state index contributed by atoms with van der Waals surface area (Å²) in [4.78, 5) is 0. The molecule has 0 aliphatic heterocycles. The summed E-state index contributed by atoms with van der Waals surface area (Å²) in [5, 5.41) is 1.39. The van der Waals surface area contributed by atoms with E-state index in [2.05, 4.69) is 26.8 Å². The SMILES string of the molecule is C/C(=C/C(C)C)c1ccc(Cl)cc1Cl.CC. The van der Waals surface area contributed by atoms with E-state index >= 15 is 0 Å². The normalized spacial score (nSPS) is 11.1. The van der Waals surface area contributed by atoms with Crippen molar-refractivity contribution in [1.29, 1.82) is 0 Å². The van der Waals surface area contributed by atoms with Crippen LogP contribution in [-0.4, -0.2) is 0 Å². The van der Waals surface area contributed by atoms with Crippen molar-refractivity contribution in [3.8, 4) is 0 Å². The van der Waals surface area contributed by atoms with Gasteiger partial charge in [0.25, 0.3) is 0 Å². The third-order valence-corrected chi connectivity index (χ3v) is 2.49. The molecule has 90 valence electrons. The highest BCUT2D eigenvalue weighted by Gasteiger charge is 2.03. The molecule has 0 amide bonds. The standard InChI is InChI=1S/C12H14Cl2.C2H6/c1-8(2)6-9(3)11-5-4-10(13)7-12(11)14;1-2/h4-8H,1-3H3;1-2H3/b9-6-;. The van der Waals surface area contributed by atoms with Crippen LogP contribution in [0.25, 0.3) is 5.57 Å². The van der Waals surface area contributed by atoms with Gasteiger partial charge in [-0.15, -0.1) is 0 Å². The van der Waals surface area contributed by atoms with Gasteiger partial charge < -0.3 is 0 Å². The molecular weight excluding hydrogens is 239 g/mol. The molecule has 0 saturated heterocycles. The van der Waals surface area contributed by atoms with Gasteiger partial charge in [-0.1, -0.05) is 63.0 Å². The van der Waals surface area contributed by atoms with Crippen LogP contribution in [0.1, 0.15) is 40.2 Å². The van der Waals surface area contributed by atoms with E-state index < -0.39 is 0 Å². The van der Waals surface area contributed by atoms with Gasteiger partial charge in [-0.05, 0) is 36.1 Å².